The first-order valence-electron chi connectivity index (χ1n) is 19.9. The number of nitrogens with zero attached hydrogens (tertiary/aromatic N) is 2. The number of carboxylic acid groups (broad SMARTS) is 1. The van der Waals surface area contributed by atoms with Crippen LogP contribution in [0.25, 0.3) is 22.0 Å². The highest BCUT2D eigenvalue weighted by Gasteiger charge is 2.32. The number of ether oxygens (including phenoxy) is 2. The van der Waals surface area contributed by atoms with Crippen molar-refractivity contribution in [2.45, 2.75) is 83.5 Å². The van der Waals surface area contributed by atoms with Crippen molar-refractivity contribution in [2.24, 2.45) is 5.92 Å². The second kappa shape index (κ2) is 18.8. The van der Waals surface area contributed by atoms with Gasteiger partial charge in [-0.25, -0.2) is 29.6 Å². The van der Waals surface area contributed by atoms with Gasteiger partial charge in [0.25, 0.3) is 5.91 Å². The lowest BCUT2D eigenvalue weighted by Gasteiger charge is -2.23. The van der Waals surface area contributed by atoms with E-state index in [1.807, 2.05) is 62.4 Å². The SMILES string of the molecule is CC(C)C[C@@H](NC(=O)OCC1c2ccccc2-c2ccccc21)C(=O)NNC(=O)N[C@H](Cc1cn(C(=O)OC(C)(C)C)c2ccccc12)C(=O)N[C@@H](Cc1cnc[nH]1)C(=O)O. The third kappa shape index (κ3) is 10.9. The van der Waals surface area contributed by atoms with Gasteiger partial charge in [0.15, 0.2) is 0 Å². The molecule has 0 saturated carbocycles. The molecule has 2 heterocycles. The summed E-state index contributed by atoms with van der Waals surface area (Å²) in [5, 5.41) is 18.2. The fraction of sp³-hybridized carbons (Fsp3) is 0.341. The molecule has 3 atom stereocenters. The van der Waals surface area contributed by atoms with Crippen LogP contribution in [-0.4, -0.2) is 86.0 Å². The first-order chi connectivity index (χ1) is 29.1. The molecule has 7 N–H and O–H groups in total. The number of rotatable bonds is 14. The predicted molar refractivity (Wildman–Crippen MR) is 224 cm³/mol. The summed E-state index contributed by atoms with van der Waals surface area (Å²) < 4.78 is 12.5. The molecule has 5 amide bonds. The molecule has 6 rings (SSSR count). The first kappa shape index (κ1) is 43.4. The number of urea groups is 1. The average molecular weight is 835 g/mol. The van der Waals surface area contributed by atoms with Crippen LogP contribution in [0, 0.1) is 5.92 Å². The summed E-state index contributed by atoms with van der Waals surface area (Å²) >= 11 is 0. The van der Waals surface area contributed by atoms with Gasteiger partial charge >= 0.3 is 24.2 Å². The van der Waals surface area contributed by atoms with Crippen molar-refractivity contribution in [3.63, 3.8) is 0 Å². The number of hydrogen-bond acceptors (Lipinski definition) is 9. The van der Waals surface area contributed by atoms with E-state index < -0.39 is 59.7 Å². The number of para-hydroxylation sites is 1. The zero-order valence-electron chi connectivity index (χ0n) is 34.5. The van der Waals surface area contributed by atoms with E-state index in [-0.39, 0.29) is 37.7 Å². The van der Waals surface area contributed by atoms with Crippen LogP contribution in [0.15, 0.2) is 91.5 Å². The molecule has 61 heavy (non-hydrogen) atoms. The number of carbonyl (C=O) groups is 6. The van der Waals surface area contributed by atoms with Crippen molar-refractivity contribution in [3.05, 3.63) is 114 Å². The molecule has 17 nitrogen and oxygen atoms in total. The fourth-order valence-electron chi connectivity index (χ4n) is 7.28. The van der Waals surface area contributed by atoms with Crippen LogP contribution in [0.1, 0.15) is 69.3 Å². The summed E-state index contributed by atoms with van der Waals surface area (Å²) in [6.07, 6.45) is 2.65. The minimum atomic E-state index is -1.43. The first-order valence-corrected chi connectivity index (χ1v) is 19.9. The molecule has 0 radical (unpaired) electrons. The minimum absolute atomic E-state index is 0.0288. The molecule has 0 bridgehead atoms. The number of H-pyrrole nitrogens is 1. The summed E-state index contributed by atoms with van der Waals surface area (Å²) in [5.74, 6) is -3.21. The van der Waals surface area contributed by atoms with Crippen molar-refractivity contribution >= 4 is 46.9 Å². The predicted octanol–water partition coefficient (Wildman–Crippen LogP) is 5.15. The molecule has 1 aliphatic carbocycles. The Balaban J connectivity index is 1.14. The van der Waals surface area contributed by atoms with E-state index in [2.05, 4.69) is 36.8 Å². The van der Waals surface area contributed by atoms with Gasteiger partial charge in [0.1, 0.15) is 30.3 Å². The van der Waals surface area contributed by atoms with Crippen molar-refractivity contribution in [1.29, 1.82) is 0 Å². The molecule has 0 aliphatic heterocycles. The molecule has 5 aromatic rings. The standard InChI is InChI=1S/C44H50N8O9/c1-25(2)18-34(49-42(58)60-23-33-31-15-8-6-13-29(31)30-14-7-9-16-32(30)33)39(54)50-51-41(57)48-35(38(53)47-36(40(55)56)20-27-21-45-24-46-27)19-26-22-52(43(59)61-44(3,4)5)37-17-11-10-12-28(26)37/h6-17,21-22,24-25,33-36H,18-20,23H2,1-5H3,(H,45,46)(H,47,53)(H,49,58)(H,50,54)(H,55,56)(H2,48,51,57)/t34-,35-,36+/m1/s1. The third-order valence-electron chi connectivity index (χ3n) is 9.98. The molecule has 0 fully saturated rings. The Hall–Kier alpha value is -7.17. The Morgan fingerprint density at radius 1 is 0.803 bits per heavy atom. The number of benzene rings is 3. The maximum absolute atomic E-state index is 13.9. The Morgan fingerprint density at radius 2 is 1.46 bits per heavy atom. The molecule has 2 aromatic heterocycles. The van der Waals surface area contributed by atoms with Crippen molar-refractivity contribution in [1.82, 2.24) is 41.3 Å². The second-order valence-corrected chi connectivity index (χ2v) is 16.2. The lowest BCUT2D eigenvalue weighted by atomic mass is 9.98. The van der Waals surface area contributed by atoms with Gasteiger partial charge in [0, 0.05) is 42.2 Å². The van der Waals surface area contributed by atoms with E-state index in [0.717, 1.165) is 22.3 Å². The van der Waals surface area contributed by atoms with Gasteiger partial charge in [0.05, 0.1) is 11.8 Å². The van der Waals surface area contributed by atoms with Crippen LogP contribution >= 0.6 is 0 Å². The molecule has 0 unspecified atom stereocenters. The monoisotopic (exact) mass is 834 g/mol. The van der Waals surface area contributed by atoms with E-state index in [0.29, 0.717) is 22.2 Å². The number of alkyl carbamates (subject to hydrolysis) is 1. The Labute approximate surface area is 352 Å². The highest BCUT2D eigenvalue weighted by Crippen LogP contribution is 2.44. The number of aliphatic carboxylic acids is 1. The second-order valence-electron chi connectivity index (χ2n) is 16.2. The van der Waals surface area contributed by atoms with Crippen LogP contribution in [0.4, 0.5) is 14.4 Å². The zero-order valence-corrected chi connectivity index (χ0v) is 34.5. The highest BCUT2D eigenvalue weighted by molar-refractivity contribution is 5.95. The highest BCUT2D eigenvalue weighted by atomic mass is 16.6. The average Bonchev–Trinajstić information content (AvgIpc) is 3.94. The number of aromatic nitrogens is 3. The summed E-state index contributed by atoms with van der Waals surface area (Å²) in [5.41, 5.74) is 9.31. The molecule has 0 saturated heterocycles. The molecule has 0 spiro atoms. The quantitative estimate of drug-likeness (QED) is 0.0727. The summed E-state index contributed by atoms with van der Waals surface area (Å²) in [4.78, 5) is 86.1. The van der Waals surface area contributed by atoms with Crippen LogP contribution in [0.5, 0.6) is 0 Å². The van der Waals surface area contributed by atoms with Crippen molar-refractivity contribution in [3.8, 4) is 11.1 Å². The van der Waals surface area contributed by atoms with E-state index in [4.69, 9.17) is 9.47 Å². The molecule has 320 valence electrons. The Kier molecular flexibility index (Phi) is 13.4. The van der Waals surface area contributed by atoms with E-state index in [1.165, 1.54) is 23.3 Å². The summed E-state index contributed by atoms with van der Waals surface area (Å²) in [6.45, 7) is 8.93. The lowest BCUT2D eigenvalue weighted by molar-refractivity contribution is -0.142. The molecular weight excluding hydrogens is 785 g/mol. The third-order valence-corrected chi connectivity index (χ3v) is 9.98. The molecule has 17 heteroatoms. The number of nitrogens with one attached hydrogen (secondary N) is 6. The van der Waals surface area contributed by atoms with Gasteiger partial charge in [-0.05, 0) is 67.0 Å². The zero-order chi connectivity index (χ0) is 43.8. The summed E-state index contributed by atoms with van der Waals surface area (Å²) in [7, 11) is 0. The van der Waals surface area contributed by atoms with Gasteiger partial charge in [-0.2, -0.15) is 0 Å². The number of imidazole rings is 1. The fourth-order valence-corrected chi connectivity index (χ4v) is 7.28. The smallest absolute Gasteiger partial charge is 0.419 e. The van der Waals surface area contributed by atoms with E-state index in [1.54, 1.807) is 45.0 Å². The van der Waals surface area contributed by atoms with Crippen molar-refractivity contribution < 1.29 is 43.3 Å². The topological polar surface area (TPSA) is 235 Å². The maximum atomic E-state index is 13.9. The van der Waals surface area contributed by atoms with Gasteiger partial charge < -0.3 is 35.5 Å². The number of carboxylic acids is 1. The Bertz CT molecular complexity index is 2360. The largest absolute Gasteiger partial charge is 0.480 e. The van der Waals surface area contributed by atoms with Crippen molar-refractivity contribution in [2.75, 3.05) is 6.61 Å². The normalized spacial score (nSPS) is 13.6. The maximum Gasteiger partial charge on any atom is 0.419 e. The number of hydrazine groups is 1. The van der Waals surface area contributed by atoms with Crippen LogP contribution in [-0.2, 0) is 36.7 Å². The van der Waals surface area contributed by atoms with Gasteiger partial charge in [0.2, 0.25) is 5.91 Å². The van der Waals surface area contributed by atoms with E-state index in [9.17, 15) is 33.9 Å². The lowest BCUT2D eigenvalue weighted by Crippen LogP contribution is -2.58. The number of hydrogen-bond donors (Lipinski definition) is 7. The number of carbonyl (C=O) groups excluding carboxylic acids is 5. The Morgan fingerprint density at radius 3 is 2.08 bits per heavy atom. The number of aromatic amines is 1. The van der Waals surface area contributed by atoms with Crippen LogP contribution in [0.3, 0.4) is 0 Å². The van der Waals surface area contributed by atoms with Gasteiger partial charge in [-0.3, -0.25) is 19.6 Å². The minimum Gasteiger partial charge on any atom is -0.480 e. The number of amides is 5. The van der Waals surface area contributed by atoms with E-state index >= 15 is 0 Å². The van der Waals surface area contributed by atoms with Crippen LogP contribution in [0.2, 0.25) is 0 Å². The van der Waals surface area contributed by atoms with Gasteiger partial charge in [-0.15, -0.1) is 0 Å². The van der Waals surface area contributed by atoms with Gasteiger partial charge in [-0.1, -0.05) is 80.6 Å². The molecule has 1 aliphatic rings. The summed E-state index contributed by atoms with van der Waals surface area (Å²) in [6, 6.07) is 17.7. The molecule has 3 aromatic carbocycles. The molecular formula is C44H50N8O9. The number of fused-ring (bicyclic) bond motifs is 4. The van der Waals surface area contributed by atoms with Crippen LogP contribution < -0.4 is 26.8 Å².